The van der Waals surface area contributed by atoms with E-state index < -0.39 is 6.10 Å². The molecule has 2 rings (SSSR count). The van der Waals surface area contributed by atoms with Crippen LogP contribution in [0, 0.1) is 6.92 Å². The number of aryl methyl sites for hydroxylation is 1. The van der Waals surface area contributed by atoms with E-state index in [-0.39, 0.29) is 0 Å². The molecule has 3 nitrogen and oxygen atoms in total. The zero-order valence-electron chi connectivity index (χ0n) is 11.2. The molecule has 1 aliphatic heterocycles. The molecule has 1 atom stereocenters. The molecule has 0 radical (unpaired) electrons. The van der Waals surface area contributed by atoms with Gasteiger partial charge in [-0.3, -0.25) is 0 Å². The minimum Gasteiger partial charge on any atom is -0.399 e. The normalized spacial score (nSPS) is 18.8. The molecule has 1 unspecified atom stereocenters. The van der Waals surface area contributed by atoms with Gasteiger partial charge in [-0.15, -0.1) is 0 Å². The van der Waals surface area contributed by atoms with Crippen LogP contribution in [0.3, 0.4) is 0 Å². The van der Waals surface area contributed by atoms with Crippen molar-refractivity contribution >= 4 is 5.69 Å². The average molecular weight is 248 g/mol. The van der Waals surface area contributed by atoms with E-state index in [2.05, 4.69) is 4.90 Å². The van der Waals surface area contributed by atoms with E-state index in [1.165, 1.54) is 32.4 Å². The van der Waals surface area contributed by atoms with Crippen molar-refractivity contribution < 1.29 is 5.11 Å². The summed E-state index contributed by atoms with van der Waals surface area (Å²) in [7, 11) is 0. The van der Waals surface area contributed by atoms with Crippen molar-refractivity contribution in [2.24, 2.45) is 0 Å². The summed E-state index contributed by atoms with van der Waals surface area (Å²) in [4.78, 5) is 2.45. The first-order valence-corrected chi connectivity index (χ1v) is 6.93. The van der Waals surface area contributed by atoms with Crippen LogP contribution in [0.5, 0.6) is 0 Å². The van der Waals surface area contributed by atoms with Crippen molar-refractivity contribution in [3.63, 3.8) is 0 Å². The molecule has 3 N–H and O–H groups in total. The van der Waals surface area contributed by atoms with Crippen molar-refractivity contribution in [2.75, 3.05) is 25.4 Å². The lowest BCUT2D eigenvalue weighted by atomic mass is 10.0. The summed E-state index contributed by atoms with van der Waals surface area (Å²) in [5.74, 6) is 0. The highest BCUT2D eigenvalue weighted by molar-refractivity contribution is 5.48. The number of nitrogen functional groups attached to an aromatic ring is 1. The largest absolute Gasteiger partial charge is 0.399 e. The third-order valence-corrected chi connectivity index (χ3v) is 3.86. The van der Waals surface area contributed by atoms with Gasteiger partial charge in [0.25, 0.3) is 0 Å². The molecular weight excluding hydrogens is 224 g/mol. The number of anilines is 1. The van der Waals surface area contributed by atoms with Gasteiger partial charge < -0.3 is 15.7 Å². The van der Waals surface area contributed by atoms with E-state index in [4.69, 9.17) is 5.73 Å². The molecule has 0 spiro atoms. The maximum absolute atomic E-state index is 10.2. The molecule has 0 aliphatic carbocycles. The SMILES string of the molecule is Cc1ccc(C(O)CCN2CCCCC2)cc1N. The van der Waals surface area contributed by atoms with E-state index in [0.29, 0.717) is 0 Å². The number of nitrogens with two attached hydrogens (primary N) is 1. The minimum atomic E-state index is -0.394. The molecular formula is C15H24N2O. The Morgan fingerprint density at radius 1 is 1.28 bits per heavy atom. The number of hydrogen-bond donors (Lipinski definition) is 2. The quantitative estimate of drug-likeness (QED) is 0.805. The Balaban J connectivity index is 1.86. The Kier molecular flexibility index (Phi) is 4.61. The fourth-order valence-electron chi connectivity index (χ4n) is 2.52. The first kappa shape index (κ1) is 13.4. The summed E-state index contributed by atoms with van der Waals surface area (Å²) in [5, 5.41) is 10.2. The summed E-state index contributed by atoms with van der Waals surface area (Å²) < 4.78 is 0. The van der Waals surface area contributed by atoms with Gasteiger partial charge in [0, 0.05) is 12.2 Å². The molecule has 1 heterocycles. The second kappa shape index (κ2) is 6.21. The Bertz CT molecular complexity index is 386. The Hall–Kier alpha value is -1.06. The average Bonchev–Trinajstić information content (AvgIpc) is 2.40. The first-order chi connectivity index (χ1) is 8.66. The van der Waals surface area contributed by atoms with Crippen LogP contribution >= 0.6 is 0 Å². The van der Waals surface area contributed by atoms with Gasteiger partial charge >= 0.3 is 0 Å². The van der Waals surface area contributed by atoms with Gasteiger partial charge in [-0.2, -0.15) is 0 Å². The first-order valence-electron chi connectivity index (χ1n) is 6.93. The second-order valence-corrected chi connectivity index (χ2v) is 5.32. The number of aliphatic hydroxyl groups excluding tert-OH is 1. The molecule has 0 bridgehead atoms. The second-order valence-electron chi connectivity index (χ2n) is 5.32. The smallest absolute Gasteiger partial charge is 0.0803 e. The van der Waals surface area contributed by atoms with Gasteiger partial charge in [0.05, 0.1) is 6.10 Å². The number of benzene rings is 1. The maximum atomic E-state index is 10.2. The molecule has 1 saturated heterocycles. The number of rotatable bonds is 4. The number of nitrogens with zero attached hydrogens (tertiary/aromatic N) is 1. The molecule has 18 heavy (non-hydrogen) atoms. The van der Waals surface area contributed by atoms with E-state index >= 15 is 0 Å². The topological polar surface area (TPSA) is 49.5 Å². The van der Waals surface area contributed by atoms with Crippen molar-refractivity contribution in [3.8, 4) is 0 Å². The van der Waals surface area contributed by atoms with Crippen molar-refractivity contribution in [2.45, 2.75) is 38.7 Å². The summed E-state index contributed by atoms with van der Waals surface area (Å²) in [6.45, 7) is 5.33. The molecule has 0 amide bonds. The van der Waals surface area contributed by atoms with Gasteiger partial charge in [0.15, 0.2) is 0 Å². The van der Waals surface area contributed by atoms with Crippen LogP contribution in [0.25, 0.3) is 0 Å². The lowest BCUT2D eigenvalue weighted by Crippen LogP contribution is -2.31. The molecule has 1 aromatic rings. The van der Waals surface area contributed by atoms with Gasteiger partial charge in [-0.25, -0.2) is 0 Å². The lowest BCUT2D eigenvalue weighted by Gasteiger charge is -2.27. The van der Waals surface area contributed by atoms with Crippen LogP contribution in [-0.2, 0) is 0 Å². The highest BCUT2D eigenvalue weighted by atomic mass is 16.3. The monoisotopic (exact) mass is 248 g/mol. The Morgan fingerprint density at radius 2 is 2.00 bits per heavy atom. The third-order valence-electron chi connectivity index (χ3n) is 3.86. The minimum absolute atomic E-state index is 0.394. The molecule has 1 fully saturated rings. The summed E-state index contributed by atoms with van der Waals surface area (Å²) >= 11 is 0. The number of aliphatic hydroxyl groups is 1. The van der Waals surface area contributed by atoms with E-state index in [1.54, 1.807) is 0 Å². The van der Waals surface area contributed by atoms with Gasteiger partial charge in [-0.1, -0.05) is 18.6 Å². The lowest BCUT2D eigenvalue weighted by molar-refractivity contribution is 0.134. The van der Waals surface area contributed by atoms with Crippen LogP contribution in [0.2, 0.25) is 0 Å². The molecule has 3 heteroatoms. The molecule has 100 valence electrons. The Labute approximate surface area is 110 Å². The van der Waals surface area contributed by atoms with Crippen LogP contribution in [-0.4, -0.2) is 29.6 Å². The number of piperidine rings is 1. The van der Waals surface area contributed by atoms with Crippen molar-refractivity contribution in [1.82, 2.24) is 4.90 Å². The third kappa shape index (κ3) is 3.47. The summed E-state index contributed by atoms with van der Waals surface area (Å²) in [6.07, 6.45) is 4.35. The van der Waals surface area contributed by atoms with Gasteiger partial charge in [-0.05, 0) is 56.5 Å². The summed E-state index contributed by atoms with van der Waals surface area (Å²) in [6, 6.07) is 5.86. The van der Waals surface area contributed by atoms with Gasteiger partial charge in [0.1, 0.15) is 0 Å². The highest BCUT2D eigenvalue weighted by Crippen LogP contribution is 2.22. The van der Waals surface area contributed by atoms with Crippen molar-refractivity contribution in [3.05, 3.63) is 29.3 Å². The molecule has 0 aromatic heterocycles. The fourth-order valence-corrected chi connectivity index (χ4v) is 2.52. The molecule has 1 aliphatic rings. The van der Waals surface area contributed by atoms with Crippen molar-refractivity contribution in [1.29, 1.82) is 0 Å². The van der Waals surface area contributed by atoms with Gasteiger partial charge in [0.2, 0.25) is 0 Å². The van der Waals surface area contributed by atoms with E-state index in [1.807, 2.05) is 25.1 Å². The summed E-state index contributed by atoms with van der Waals surface area (Å²) in [5.41, 5.74) is 8.66. The highest BCUT2D eigenvalue weighted by Gasteiger charge is 2.13. The molecule has 0 saturated carbocycles. The predicted octanol–water partition coefficient (Wildman–Crippen LogP) is 2.49. The molecule has 1 aromatic carbocycles. The predicted molar refractivity (Wildman–Crippen MR) is 75.5 cm³/mol. The van der Waals surface area contributed by atoms with Crippen LogP contribution in [0.4, 0.5) is 5.69 Å². The fraction of sp³-hybridized carbons (Fsp3) is 0.600. The van der Waals surface area contributed by atoms with E-state index in [0.717, 1.165) is 29.8 Å². The number of likely N-dealkylation sites (tertiary alicyclic amines) is 1. The zero-order valence-corrected chi connectivity index (χ0v) is 11.2. The Morgan fingerprint density at radius 3 is 2.67 bits per heavy atom. The standard InChI is InChI=1S/C15H24N2O/c1-12-5-6-13(11-14(12)16)15(18)7-10-17-8-3-2-4-9-17/h5-6,11,15,18H,2-4,7-10,16H2,1H3. The maximum Gasteiger partial charge on any atom is 0.0803 e. The van der Waals surface area contributed by atoms with Crippen LogP contribution < -0.4 is 5.73 Å². The van der Waals surface area contributed by atoms with Crippen LogP contribution in [0.15, 0.2) is 18.2 Å². The number of hydrogen-bond acceptors (Lipinski definition) is 3. The van der Waals surface area contributed by atoms with Crippen LogP contribution in [0.1, 0.15) is 42.9 Å². The van der Waals surface area contributed by atoms with E-state index in [9.17, 15) is 5.11 Å². The zero-order chi connectivity index (χ0) is 13.0.